The molecule has 1 aromatic heterocycles. The second-order valence-corrected chi connectivity index (χ2v) is 5.41. The van der Waals surface area contributed by atoms with Crippen LogP contribution in [-0.2, 0) is 16.2 Å². The van der Waals surface area contributed by atoms with Crippen LogP contribution in [0, 0.1) is 10.1 Å². The van der Waals surface area contributed by atoms with E-state index in [0.29, 0.717) is 0 Å². The van der Waals surface area contributed by atoms with Gasteiger partial charge in [0, 0.05) is 11.3 Å². The lowest BCUT2D eigenvalue weighted by Gasteiger charge is -2.26. The quantitative estimate of drug-likeness (QED) is 0.196. The van der Waals surface area contributed by atoms with Gasteiger partial charge in [0.2, 0.25) is 0 Å². The molecule has 0 saturated heterocycles. The maximum absolute atomic E-state index is 12.3. The molecule has 0 aliphatic carbocycles. The van der Waals surface area contributed by atoms with Crippen LogP contribution >= 0.6 is 0 Å². The van der Waals surface area contributed by atoms with E-state index >= 15 is 0 Å². The first kappa shape index (κ1) is 19.5. The second-order valence-electron chi connectivity index (χ2n) is 5.41. The SMILES string of the molecule is CC(C)(NOC(CO)CN=[N+]=[N-])C(=O)CCn1ccnc1[N+](=O)[O-]. The Bertz CT molecular complexity index is 623. The Kier molecular flexibility index (Phi) is 7.27. The van der Waals surface area contributed by atoms with Crippen LogP contribution in [0.4, 0.5) is 5.95 Å². The van der Waals surface area contributed by atoms with Gasteiger partial charge in [-0.1, -0.05) is 10.1 Å². The molecule has 0 aliphatic heterocycles. The van der Waals surface area contributed by atoms with Gasteiger partial charge in [0.25, 0.3) is 0 Å². The maximum Gasteiger partial charge on any atom is 0.434 e. The number of nitro groups is 1. The standard InChI is InChI=1S/C12H19N7O5/c1-12(2,16-24-9(8-20)7-15-17-13)10(21)3-5-18-6-4-14-11(18)19(22)23/h4,6,9,16,20H,3,5,7-8H2,1-2H3. The van der Waals surface area contributed by atoms with Crippen LogP contribution in [0.25, 0.3) is 10.4 Å². The van der Waals surface area contributed by atoms with Crippen LogP contribution in [-0.4, -0.2) is 50.2 Å². The molecule has 2 N–H and O–H groups in total. The fraction of sp³-hybridized carbons (Fsp3) is 0.667. The Balaban J connectivity index is 2.56. The summed E-state index contributed by atoms with van der Waals surface area (Å²) in [5.41, 5.74) is 9.68. The van der Waals surface area contributed by atoms with Gasteiger partial charge in [-0.25, -0.2) is 4.57 Å². The van der Waals surface area contributed by atoms with Crippen molar-refractivity contribution in [3.8, 4) is 0 Å². The van der Waals surface area contributed by atoms with Crippen molar-refractivity contribution in [3.63, 3.8) is 0 Å². The first-order valence-electron chi connectivity index (χ1n) is 7.05. The zero-order chi connectivity index (χ0) is 18.2. The zero-order valence-electron chi connectivity index (χ0n) is 13.3. The van der Waals surface area contributed by atoms with E-state index in [1.54, 1.807) is 13.8 Å². The molecule has 0 fully saturated rings. The normalized spacial score (nSPS) is 12.5. The Hall–Kier alpha value is -2.53. The molecule has 0 amide bonds. The summed E-state index contributed by atoms with van der Waals surface area (Å²) in [6.45, 7) is 2.75. The summed E-state index contributed by atoms with van der Waals surface area (Å²) >= 11 is 0. The number of ketones is 1. The molecule has 0 saturated carbocycles. The minimum atomic E-state index is -1.10. The molecule has 1 rings (SSSR count). The van der Waals surface area contributed by atoms with Crippen molar-refractivity contribution < 1.29 is 19.7 Å². The largest absolute Gasteiger partial charge is 0.434 e. The van der Waals surface area contributed by atoms with Gasteiger partial charge in [0.15, 0.2) is 5.78 Å². The third kappa shape index (κ3) is 5.59. The maximum atomic E-state index is 12.3. The van der Waals surface area contributed by atoms with Gasteiger partial charge in [0.05, 0.1) is 25.2 Å². The topological polar surface area (TPSA) is 168 Å². The zero-order valence-corrected chi connectivity index (χ0v) is 13.3. The lowest BCUT2D eigenvalue weighted by Crippen LogP contribution is -2.49. The van der Waals surface area contributed by atoms with Gasteiger partial charge in [0.1, 0.15) is 18.5 Å². The third-order valence-corrected chi connectivity index (χ3v) is 3.17. The van der Waals surface area contributed by atoms with Gasteiger partial charge < -0.3 is 15.2 Å². The smallest absolute Gasteiger partial charge is 0.394 e. The summed E-state index contributed by atoms with van der Waals surface area (Å²) in [6.07, 6.45) is 1.93. The molecule has 24 heavy (non-hydrogen) atoms. The first-order chi connectivity index (χ1) is 11.3. The number of aromatic nitrogens is 2. The predicted octanol–water partition coefficient (Wildman–Crippen LogP) is 0.721. The highest BCUT2D eigenvalue weighted by Gasteiger charge is 2.29. The fourth-order valence-corrected chi connectivity index (χ4v) is 1.73. The van der Waals surface area contributed by atoms with E-state index in [4.69, 9.17) is 15.5 Å². The van der Waals surface area contributed by atoms with E-state index in [-0.39, 0.29) is 31.2 Å². The van der Waals surface area contributed by atoms with Crippen LogP contribution in [0.1, 0.15) is 20.3 Å². The molecule has 1 aromatic rings. The highest BCUT2D eigenvalue weighted by Crippen LogP contribution is 2.12. The number of hydroxylamine groups is 1. The molecule has 1 heterocycles. The molecule has 1 unspecified atom stereocenters. The van der Waals surface area contributed by atoms with Crippen LogP contribution in [0.2, 0.25) is 0 Å². The van der Waals surface area contributed by atoms with Crippen molar-refractivity contribution in [3.05, 3.63) is 33.0 Å². The van der Waals surface area contributed by atoms with Crippen molar-refractivity contribution in [1.29, 1.82) is 0 Å². The number of carbonyl (C=O) groups is 1. The molecule has 0 bridgehead atoms. The van der Waals surface area contributed by atoms with Crippen LogP contribution in [0.15, 0.2) is 17.5 Å². The van der Waals surface area contributed by atoms with Crippen LogP contribution in [0.3, 0.4) is 0 Å². The number of aliphatic hydroxyl groups is 1. The number of hydrogen-bond donors (Lipinski definition) is 2. The molecule has 0 aromatic carbocycles. The average molecular weight is 341 g/mol. The Morgan fingerprint density at radius 1 is 1.71 bits per heavy atom. The Labute approximate surface area is 137 Å². The van der Waals surface area contributed by atoms with Gasteiger partial charge >= 0.3 is 5.95 Å². The van der Waals surface area contributed by atoms with Gasteiger partial charge in [-0.05, 0) is 24.3 Å². The van der Waals surface area contributed by atoms with Crippen molar-refractivity contribution in [2.45, 2.75) is 38.5 Å². The van der Waals surface area contributed by atoms with E-state index in [1.165, 1.54) is 17.0 Å². The number of Topliss-reactive ketones (excluding diaryl/α,β-unsaturated/α-hetero) is 1. The van der Waals surface area contributed by atoms with Crippen LogP contribution in [0.5, 0.6) is 0 Å². The number of nitrogens with one attached hydrogen (secondary N) is 1. The minimum absolute atomic E-state index is 0.0146. The number of hydrogen-bond acceptors (Lipinski definition) is 8. The lowest BCUT2D eigenvalue weighted by molar-refractivity contribution is -0.396. The van der Waals surface area contributed by atoms with Gasteiger partial charge in [-0.3, -0.25) is 9.63 Å². The molecule has 132 valence electrons. The van der Waals surface area contributed by atoms with E-state index < -0.39 is 23.2 Å². The second kappa shape index (κ2) is 8.93. The molecular weight excluding hydrogens is 322 g/mol. The monoisotopic (exact) mass is 341 g/mol. The molecule has 1 atom stereocenters. The number of nitrogens with zero attached hydrogens (tertiary/aromatic N) is 6. The first-order valence-corrected chi connectivity index (χ1v) is 7.05. The minimum Gasteiger partial charge on any atom is -0.394 e. The molecule has 12 heteroatoms. The predicted molar refractivity (Wildman–Crippen MR) is 81.7 cm³/mol. The van der Waals surface area contributed by atoms with Gasteiger partial charge in [-0.15, -0.1) is 0 Å². The number of carbonyl (C=O) groups excluding carboxylic acids is 1. The Morgan fingerprint density at radius 3 is 3.00 bits per heavy atom. The number of azide groups is 1. The summed E-state index contributed by atoms with van der Waals surface area (Å²) < 4.78 is 1.27. The highest BCUT2D eigenvalue weighted by atomic mass is 16.7. The summed E-state index contributed by atoms with van der Waals surface area (Å²) in [5, 5.41) is 23.1. The molecular formula is C12H19N7O5. The number of imidazole rings is 1. The molecule has 0 spiro atoms. The number of aliphatic hydroxyl groups excluding tert-OH is 1. The van der Waals surface area contributed by atoms with E-state index in [1.807, 2.05) is 0 Å². The van der Waals surface area contributed by atoms with Crippen molar-refractivity contribution in [1.82, 2.24) is 15.0 Å². The van der Waals surface area contributed by atoms with Crippen molar-refractivity contribution >= 4 is 11.7 Å². The summed E-state index contributed by atoms with van der Waals surface area (Å²) in [7, 11) is 0. The molecule has 0 radical (unpaired) electrons. The fourth-order valence-electron chi connectivity index (χ4n) is 1.73. The molecule has 0 aliphatic rings. The number of rotatable bonds is 11. The van der Waals surface area contributed by atoms with Crippen molar-refractivity contribution in [2.75, 3.05) is 13.2 Å². The van der Waals surface area contributed by atoms with Crippen molar-refractivity contribution in [2.24, 2.45) is 5.11 Å². The highest BCUT2D eigenvalue weighted by molar-refractivity contribution is 5.87. The third-order valence-electron chi connectivity index (χ3n) is 3.17. The van der Waals surface area contributed by atoms with Crippen LogP contribution < -0.4 is 5.48 Å². The van der Waals surface area contributed by atoms with Gasteiger partial charge in [-0.2, -0.15) is 5.48 Å². The van der Waals surface area contributed by atoms with E-state index in [0.717, 1.165) is 0 Å². The lowest BCUT2D eigenvalue weighted by atomic mass is 9.98. The summed E-state index contributed by atoms with van der Waals surface area (Å²) in [6, 6.07) is 0. The van der Waals surface area contributed by atoms with E-state index in [2.05, 4.69) is 20.5 Å². The Morgan fingerprint density at radius 2 is 2.42 bits per heavy atom. The van der Waals surface area contributed by atoms with E-state index in [9.17, 15) is 14.9 Å². The summed E-state index contributed by atoms with van der Waals surface area (Å²) in [5.74, 6) is -0.592. The number of aryl methyl sites for hydroxylation is 1. The molecule has 12 nitrogen and oxygen atoms in total. The average Bonchev–Trinajstić information content (AvgIpc) is 3.01. The summed E-state index contributed by atoms with van der Waals surface area (Å²) in [4.78, 5) is 33.7.